The molecule has 0 saturated carbocycles. The summed E-state index contributed by atoms with van der Waals surface area (Å²) in [5.41, 5.74) is 2.65. The second-order valence-corrected chi connectivity index (χ2v) is 6.43. The average Bonchev–Trinajstić information content (AvgIpc) is 2.84. The highest BCUT2D eigenvalue weighted by Crippen LogP contribution is 2.32. The van der Waals surface area contributed by atoms with Crippen molar-refractivity contribution in [2.24, 2.45) is 0 Å². The molecule has 0 fully saturated rings. The lowest BCUT2D eigenvalue weighted by atomic mass is 10.1. The van der Waals surface area contributed by atoms with Gasteiger partial charge in [0.2, 0.25) is 0 Å². The van der Waals surface area contributed by atoms with Crippen molar-refractivity contribution in [1.82, 2.24) is 15.0 Å². The fourth-order valence-electron chi connectivity index (χ4n) is 2.64. The number of nitrogens with one attached hydrogen (secondary N) is 1. The Labute approximate surface area is 132 Å². The molecule has 0 bridgehead atoms. The Morgan fingerprint density at radius 3 is 2.91 bits per heavy atom. The van der Waals surface area contributed by atoms with Crippen LogP contribution in [0.1, 0.15) is 36.8 Å². The molecular weight excluding hydrogens is 298 g/mol. The largest absolute Gasteiger partial charge is 0.380 e. The number of nitrogens with zero attached hydrogens (tertiary/aromatic N) is 2. The van der Waals surface area contributed by atoms with Crippen LogP contribution < -0.4 is 5.56 Å². The summed E-state index contributed by atoms with van der Waals surface area (Å²) < 4.78 is 5.94. The topological polar surface area (TPSA) is 67.9 Å². The van der Waals surface area contributed by atoms with E-state index in [2.05, 4.69) is 16.9 Å². The third-order valence-electron chi connectivity index (χ3n) is 3.62. The molecule has 3 aromatic heterocycles. The lowest BCUT2D eigenvalue weighted by Crippen LogP contribution is -2.10. The monoisotopic (exact) mass is 317 g/mol. The molecule has 3 aromatic rings. The predicted molar refractivity (Wildman–Crippen MR) is 89.6 cm³/mol. The van der Waals surface area contributed by atoms with E-state index >= 15 is 0 Å². The van der Waals surface area contributed by atoms with E-state index in [-0.39, 0.29) is 5.56 Å². The zero-order valence-corrected chi connectivity index (χ0v) is 13.8. The molecule has 0 saturated heterocycles. The van der Waals surface area contributed by atoms with Gasteiger partial charge in [-0.05, 0) is 25.0 Å². The van der Waals surface area contributed by atoms with Crippen molar-refractivity contribution < 1.29 is 4.74 Å². The number of aromatic amines is 1. The van der Waals surface area contributed by atoms with Gasteiger partial charge in [-0.15, -0.1) is 11.3 Å². The van der Waals surface area contributed by atoms with Crippen molar-refractivity contribution in [3.05, 3.63) is 33.5 Å². The number of unbranched alkanes of at least 4 members (excludes halogenated alkanes) is 1. The van der Waals surface area contributed by atoms with Gasteiger partial charge in [0, 0.05) is 24.6 Å². The quantitative estimate of drug-likeness (QED) is 0.784. The molecule has 0 aromatic carbocycles. The highest BCUT2D eigenvalue weighted by atomic mass is 32.1. The second kappa shape index (κ2) is 6.14. The maximum Gasteiger partial charge on any atom is 0.268 e. The zero-order valence-electron chi connectivity index (χ0n) is 13.0. The van der Waals surface area contributed by atoms with Gasteiger partial charge >= 0.3 is 0 Å². The minimum absolute atomic E-state index is 0.0693. The third-order valence-corrected chi connectivity index (χ3v) is 4.70. The summed E-state index contributed by atoms with van der Waals surface area (Å²) in [6.07, 6.45) is 2.87. The van der Waals surface area contributed by atoms with Crippen LogP contribution in [0.25, 0.3) is 20.4 Å². The van der Waals surface area contributed by atoms with E-state index in [0.717, 1.165) is 52.1 Å². The van der Waals surface area contributed by atoms with Crippen LogP contribution in [0.5, 0.6) is 0 Å². The van der Waals surface area contributed by atoms with Gasteiger partial charge in [-0.25, -0.2) is 9.97 Å². The van der Waals surface area contributed by atoms with Gasteiger partial charge in [0.15, 0.2) is 0 Å². The maximum absolute atomic E-state index is 12.3. The molecule has 0 unspecified atom stereocenters. The fraction of sp³-hybridized carbons (Fsp3) is 0.438. The maximum atomic E-state index is 12.3. The summed E-state index contributed by atoms with van der Waals surface area (Å²) in [7, 11) is 1.67. The predicted octanol–water partition coefficient (Wildman–Crippen LogP) is 3.33. The SMILES string of the molecule is CCCCc1nc2c(sc3nc(C)cc(COC)c32)c(=O)[nH]1. The number of pyridine rings is 1. The minimum atomic E-state index is -0.0693. The number of thiophene rings is 1. The number of methoxy groups -OCH3 is 1. The molecule has 3 rings (SSSR count). The van der Waals surface area contributed by atoms with E-state index in [0.29, 0.717) is 11.3 Å². The molecule has 0 atom stereocenters. The Kier molecular flexibility index (Phi) is 4.22. The van der Waals surface area contributed by atoms with Crippen molar-refractivity contribution in [2.45, 2.75) is 39.7 Å². The Bertz CT molecular complexity index is 882. The average molecular weight is 317 g/mol. The Morgan fingerprint density at radius 2 is 2.18 bits per heavy atom. The first-order valence-electron chi connectivity index (χ1n) is 7.45. The van der Waals surface area contributed by atoms with Gasteiger partial charge in [0.25, 0.3) is 5.56 Å². The molecule has 5 nitrogen and oxygen atoms in total. The molecule has 0 aliphatic heterocycles. The smallest absolute Gasteiger partial charge is 0.268 e. The molecule has 0 aliphatic carbocycles. The van der Waals surface area contributed by atoms with E-state index in [1.54, 1.807) is 7.11 Å². The van der Waals surface area contributed by atoms with Crippen LogP contribution in [0.15, 0.2) is 10.9 Å². The molecule has 22 heavy (non-hydrogen) atoms. The Balaban J connectivity index is 2.30. The van der Waals surface area contributed by atoms with Crippen molar-refractivity contribution >= 4 is 31.8 Å². The van der Waals surface area contributed by atoms with E-state index in [9.17, 15) is 4.79 Å². The normalized spacial score (nSPS) is 11.6. The zero-order chi connectivity index (χ0) is 15.7. The number of hydrogen-bond acceptors (Lipinski definition) is 5. The van der Waals surface area contributed by atoms with Gasteiger partial charge in [-0.3, -0.25) is 4.79 Å². The third kappa shape index (κ3) is 2.64. The summed E-state index contributed by atoms with van der Waals surface area (Å²) in [5.74, 6) is 0.753. The van der Waals surface area contributed by atoms with Crippen LogP contribution in [-0.4, -0.2) is 22.1 Å². The lowest BCUT2D eigenvalue weighted by molar-refractivity contribution is 0.186. The summed E-state index contributed by atoms with van der Waals surface area (Å²) in [5, 5.41) is 0.955. The molecule has 0 spiro atoms. The molecular formula is C16H19N3O2S. The van der Waals surface area contributed by atoms with Crippen molar-refractivity contribution in [2.75, 3.05) is 7.11 Å². The van der Waals surface area contributed by atoms with Crippen LogP contribution in [-0.2, 0) is 17.8 Å². The fourth-order valence-corrected chi connectivity index (χ4v) is 3.74. The first-order valence-corrected chi connectivity index (χ1v) is 8.26. The number of aromatic nitrogens is 3. The molecule has 1 N–H and O–H groups in total. The molecule has 116 valence electrons. The Hall–Kier alpha value is -1.79. The van der Waals surface area contributed by atoms with E-state index in [1.165, 1.54) is 11.3 Å². The molecule has 6 heteroatoms. The van der Waals surface area contributed by atoms with Crippen molar-refractivity contribution in [1.29, 1.82) is 0 Å². The highest BCUT2D eigenvalue weighted by Gasteiger charge is 2.16. The van der Waals surface area contributed by atoms with Gasteiger partial charge in [-0.2, -0.15) is 0 Å². The Morgan fingerprint density at radius 1 is 1.36 bits per heavy atom. The van der Waals surface area contributed by atoms with E-state index < -0.39 is 0 Å². The number of H-pyrrole nitrogens is 1. The number of ether oxygens (including phenoxy) is 1. The van der Waals surface area contributed by atoms with Crippen LogP contribution >= 0.6 is 11.3 Å². The molecule has 3 heterocycles. The van der Waals surface area contributed by atoms with E-state index in [1.807, 2.05) is 13.0 Å². The molecule has 0 amide bonds. The molecule has 0 radical (unpaired) electrons. The van der Waals surface area contributed by atoms with Gasteiger partial charge in [0.1, 0.15) is 15.4 Å². The van der Waals surface area contributed by atoms with Crippen LogP contribution in [0.3, 0.4) is 0 Å². The van der Waals surface area contributed by atoms with Gasteiger partial charge < -0.3 is 9.72 Å². The van der Waals surface area contributed by atoms with Crippen molar-refractivity contribution in [3.8, 4) is 0 Å². The first kappa shape index (κ1) is 15.1. The number of hydrogen-bond donors (Lipinski definition) is 1. The number of aryl methyl sites for hydroxylation is 2. The number of rotatable bonds is 5. The number of fused-ring (bicyclic) bond motifs is 3. The van der Waals surface area contributed by atoms with Gasteiger partial charge in [0.05, 0.1) is 12.1 Å². The summed E-state index contributed by atoms with van der Waals surface area (Å²) in [4.78, 5) is 25.3. The van der Waals surface area contributed by atoms with E-state index in [4.69, 9.17) is 9.72 Å². The standard InChI is InChI=1S/C16H19N3O2S/c1-4-5-6-11-18-13-12-10(8-21-3)7-9(2)17-16(12)22-14(13)15(20)19-11/h7H,4-6,8H2,1-3H3,(H,18,19,20). The van der Waals surface area contributed by atoms with Gasteiger partial charge in [-0.1, -0.05) is 13.3 Å². The minimum Gasteiger partial charge on any atom is -0.380 e. The molecule has 0 aliphatic rings. The van der Waals surface area contributed by atoms with Crippen LogP contribution in [0, 0.1) is 6.92 Å². The summed E-state index contributed by atoms with van der Waals surface area (Å²) in [6.45, 7) is 4.57. The first-order chi connectivity index (χ1) is 10.6. The van der Waals surface area contributed by atoms with Crippen LogP contribution in [0.2, 0.25) is 0 Å². The van der Waals surface area contributed by atoms with Crippen molar-refractivity contribution in [3.63, 3.8) is 0 Å². The summed E-state index contributed by atoms with van der Waals surface area (Å²) >= 11 is 1.40. The second-order valence-electron chi connectivity index (χ2n) is 5.43. The lowest BCUT2D eigenvalue weighted by Gasteiger charge is -2.04. The highest BCUT2D eigenvalue weighted by molar-refractivity contribution is 7.25. The van der Waals surface area contributed by atoms with Crippen LogP contribution in [0.4, 0.5) is 0 Å². The summed E-state index contributed by atoms with van der Waals surface area (Å²) in [6, 6.07) is 2.01.